The van der Waals surface area contributed by atoms with Gasteiger partial charge in [-0.05, 0) is 75.5 Å². The Morgan fingerprint density at radius 1 is 0.408 bits per heavy atom. The highest BCUT2D eigenvalue weighted by Gasteiger charge is 2.20. The van der Waals surface area contributed by atoms with Crippen LogP contribution in [0.5, 0.6) is 0 Å². The maximum absolute atomic E-state index is 6.22. The van der Waals surface area contributed by atoms with Crippen LogP contribution in [0.1, 0.15) is 0 Å². The highest BCUT2D eigenvalue weighted by atomic mass is 32.1. The quantitative estimate of drug-likeness (QED) is 0.186. The zero-order chi connectivity index (χ0) is 32.3. The van der Waals surface area contributed by atoms with Crippen molar-refractivity contribution in [2.75, 3.05) is 4.90 Å². The number of benzene rings is 8. The summed E-state index contributed by atoms with van der Waals surface area (Å²) in [6, 6.07) is 63.2. The molecular formula is C46H29NOS. The Morgan fingerprint density at radius 3 is 1.92 bits per heavy atom. The lowest BCUT2D eigenvalue weighted by Gasteiger charge is -2.26. The third-order valence-electron chi connectivity index (χ3n) is 9.66. The monoisotopic (exact) mass is 643 g/mol. The molecule has 10 aromatic rings. The van der Waals surface area contributed by atoms with Crippen LogP contribution in [-0.2, 0) is 0 Å². The minimum absolute atomic E-state index is 0.909. The Morgan fingerprint density at radius 2 is 1.04 bits per heavy atom. The van der Waals surface area contributed by atoms with Crippen molar-refractivity contribution in [1.29, 1.82) is 0 Å². The fraction of sp³-hybridized carbons (Fsp3) is 0. The summed E-state index contributed by atoms with van der Waals surface area (Å²) in [5, 5.41) is 7.31. The lowest BCUT2D eigenvalue weighted by Crippen LogP contribution is -2.10. The number of rotatable bonds is 5. The first-order chi connectivity index (χ1) is 24.3. The number of para-hydroxylation sites is 1. The Kier molecular flexibility index (Phi) is 6.39. The van der Waals surface area contributed by atoms with E-state index in [1.165, 1.54) is 53.3 Å². The Hall–Kier alpha value is -6.16. The number of nitrogens with zero attached hydrogens (tertiary/aromatic N) is 1. The van der Waals surface area contributed by atoms with Gasteiger partial charge in [-0.3, -0.25) is 0 Å². The smallest absolute Gasteiger partial charge is 0.136 e. The third kappa shape index (κ3) is 4.55. The van der Waals surface area contributed by atoms with Crippen LogP contribution in [0, 0.1) is 0 Å². The molecule has 10 rings (SSSR count). The van der Waals surface area contributed by atoms with Gasteiger partial charge in [0.05, 0.1) is 10.4 Å². The van der Waals surface area contributed by atoms with E-state index in [-0.39, 0.29) is 0 Å². The van der Waals surface area contributed by atoms with Gasteiger partial charge in [0.1, 0.15) is 11.2 Å². The summed E-state index contributed by atoms with van der Waals surface area (Å²) in [6.45, 7) is 0. The number of fused-ring (bicyclic) bond motifs is 7. The molecule has 0 unspecified atom stereocenters. The van der Waals surface area contributed by atoms with E-state index in [1.807, 2.05) is 23.5 Å². The maximum Gasteiger partial charge on any atom is 0.136 e. The molecule has 0 spiro atoms. The molecule has 0 amide bonds. The van der Waals surface area contributed by atoms with Crippen LogP contribution in [0.2, 0.25) is 0 Å². The van der Waals surface area contributed by atoms with E-state index in [0.29, 0.717) is 0 Å². The van der Waals surface area contributed by atoms with Crippen LogP contribution < -0.4 is 4.90 Å². The van der Waals surface area contributed by atoms with Crippen molar-refractivity contribution in [3.63, 3.8) is 0 Å². The van der Waals surface area contributed by atoms with Gasteiger partial charge in [0.15, 0.2) is 0 Å². The SMILES string of the molecule is c1ccc(-c2cccc3c2sc2c(N(c4ccc(-c5cccc6oc7ccccc7c56)cc4)c4ccc5ccccc5c4)cccc23)cc1. The lowest BCUT2D eigenvalue weighted by molar-refractivity contribution is 0.669. The van der Waals surface area contributed by atoms with Crippen LogP contribution >= 0.6 is 11.3 Å². The first-order valence-corrected chi connectivity index (χ1v) is 17.4. The molecule has 0 atom stereocenters. The minimum atomic E-state index is 0.909. The van der Waals surface area contributed by atoms with Crippen LogP contribution in [0.3, 0.4) is 0 Å². The summed E-state index contributed by atoms with van der Waals surface area (Å²) >= 11 is 1.88. The highest BCUT2D eigenvalue weighted by Crippen LogP contribution is 2.47. The second kappa shape index (κ2) is 11.2. The Bertz CT molecular complexity index is 2830. The molecule has 2 nitrogen and oxygen atoms in total. The molecule has 0 radical (unpaired) electrons. The summed E-state index contributed by atoms with van der Waals surface area (Å²) in [4.78, 5) is 2.42. The molecule has 2 heterocycles. The number of thiophene rings is 1. The normalized spacial score (nSPS) is 11.7. The molecule has 0 bridgehead atoms. The molecule has 2 aromatic heterocycles. The molecule has 0 aliphatic heterocycles. The Labute approximate surface area is 287 Å². The predicted octanol–water partition coefficient (Wildman–Crippen LogP) is 13.9. The predicted molar refractivity (Wildman–Crippen MR) is 210 cm³/mol. The fourth-order valence-corrected chi connectivity index (χ4v) is 8.71. The number of anilines is 3. The standard InChI is InChI=1S/C46H29NOS/c1-2-12-31(13-3-1)37-17-8-18-38-39-19-9-20-41(46(39)49-45(37)38)47(35-28-23-30-11-4-5-14-33(30)29-35)34-26-24-32(25-27-34)36-16-10-22-43-44(36)40-15-6-7-21-42(40)48-43/h1-29H. The van der Waals surface area contributed by atoms with Crippen LogP contribution in [0.25, 0.3) is 75.1 Å². The average molecular weight is 644 g/mol. The van der Waals surface area contributed by atoms with Crippen molar-refractivity contribution >= 4 is 81.3 Å². The van der Waals surface area contributed by atoms with E-state index in [9.17, 15) is 0 Å². The van der Waals surface area contributed by atoms with Crippen molar-refractivity contribution in [2.45, 2.75) is 0 Å². The van der Waals surface area contributed by atoms with Gasteiger partial charge in [-0.25, -0.2) is 0 Å². The second-order valence-electron chi connectivity index (χ2n) is 12.5. The topological polar surface area (TPSA) is 16.4 Å². The van der Waals surface area contributed by atoms with Gasteiger partial charge in [0, 0.05) is 37.6 Å². The van der Waals surface area contributed by atoms with E-state index in [0.717, 1.165) is 38.9 Å². The van der Waals surface area contributed by atoms with Gasteiger partial charge in [-0.1, -0.05) is 133 Å². The van der Waals surface area contributed by atoms with E-state index in [2.05, 4.69) is 169 Å². The van der Waals surface area contributed by atoms with Crippen molar-refractivity contribution < 1.29 is 4.42 Å². The third-order valence-corrected chi connectivity index (χ3v) is 10.9. The summed E-state index contributed by atoms with van der Waals surface area (Å²) in [5.74, 6) is 0. The van der Waals surface area contributed by atoms with Crippen molar-refractivity contribution in [3.05, 3.63) is 176 Å². The summed E-state index contributed by atoms with van der Waals surface area (Å²) < 4.78 is 8.80. The van der Waals surface area contributed by atoms with Crippen LogP contribution in [0.15, 0.2) is 180 Å². The van der Waals surface area contributed by atoms with Crippen LogP contribution in [0.4, 0.5) is 17.1 Å². The van der Waals surface area contributed by atoms with Gasteiger partial charge in [-0.2, -0.15) is 0 Å². The van der Waals surface area contributed by atoms with Crippen molar-refractivity contribution in [1.82, 2.24) is 0 Å². The first kappa shape index (κ1) is 27.9. The van der Waals surface area contributed by atoms with E-state index >= 15 is 0 Å². The van der Waals surface area contributed by atoms with Crippen molar-refractivity contribution in [2.24, 2.45) is 0 Å². The summed E-state index contributed by atoms with van der Waals surface area (Å²) in [6.07, 6.45) is 0. The molecule has 8 aromatic carbocycles. The number of hydrogen-bond donors (Lipinski definition) is 0. The molecule has 0 aliphatic carbocycles. The van der Waals surface area contributed by atoms with Gasteiger partial charge in [0.2, 0.25) is 0 Å². The number of hydrogen-bond acceptors (Lipinski definition) is 3. The largest absolute Gasteiger partial charge is 0.456 e. The molecule has 0 fully saturated rings. The average Bonchev–Trinajstić information content (AvgIpc) is 3.75. The van der Waals surface area contributed by atoms with Gasteiger partial charge in [0.25, 0.3) is 0 Å². The fourth-order valence-electron chi connectivity index (χ4n) is 7.37. The highest BCUT2D eigenvalue weighted by molar-refractivity contribution is 7.27. The maximum atomic E-state index is 6.22. The van der Waals surface area contributed by atoms with E-state index in [1.54, 1.807) is 0 Å². The molecule has 0 saturated carbocycles. The van der Waals surface area contributed by atoms with Crippen molar-refractivity contribution in [3.8, 4) is 22.3 Å². The molecule has 230 valence electrons. The first-order valence-electron chi connectivity index (χ1n) is 16.6. The van der Waals surface area contributed by atoms with Gasteiger partial charge >= 0.3 is 0 Å². The van der Waals surface area contributed by atoms with E-state index in [4.69, 9.17) is 4.42 Å². The zero-order valence-corrected chi connectivity index (χ0v) is 27.3. The molecule has 0 aliphatic rings. The molecule has 49 heavy (non-hydrogen) atoms. The van der Waals surface area contributed by atoms with Crippen LogP contribution in [-0.4, -0.2) is 0 Å². The Balaban J connectivity index is 1.17. The summed E-state index contributed by atoms with van der Waals surface area (Å²) in [5.41, 5.74) is 10.1. The van der Waals surface area contributed by atoms with E-state index < -0.39 is 0 Å². The number of furan rings is 1. The summed E-state index contributed by atoms with van der Waals surface area (Å²) in [7, 11) is 0. The minimum Gasteiger partial charge on any atom is -0.456 e. The molecule has 0 N–H and O–H groups in total. The second-order valence-corrected chi connectivity index (χ2v) is 13.5. The van der Waals surface area contributed by atoms with Gasteiger partial charge in [-0.15, -0.1) is 11.3 Å². The molecular weight excluding hydrogens is 615 g/mol. The lowest BCUT2D eigenvalue weighted by atomic mass is 9.99. The molecule has 0 saturated heterocycles. The molecule has 3 heteroatoms. The van der Waals surface area contributed by atoms with Gasteiger partial charge < -0.3 is 9.32 Å². The zero-order valence-electron chi connectivity index (χ0n) is 26.5.